The molecule has 0 bridgehead atoms. The molecule has 3 nitrogen and oxygen atoms in total. The van der Waals surface area contributed by atoms with Crippen LogP contribution >= 0.6 is 0 Å². The van der Waals surface area contributed by atoms with Crippen LogP contribution in [-0.4, -0.2) is 34.6 Å². The average molecular weight is 287 g/mol. The molecule has 1 N–H and O–H groups in total. The van der Waals surface area contributed by atoms with Gasteiger partial charge in [-0.25, -0.2) is 0 Å². The van der Waals surface area contributed by atoms with Gasteiger partial charge in [-0.05, 0) is 30.7 Å². The zero-order valence-corrected chi connectivity index (χ0v) is 12.8. The quantitative estimate of drug-likeness (QED) is 0.928. The first-order valence-electron chi connectivity index (χ1n) is 8.13. The minimum atomic E-state index is -0.540. The molecular weight excluding hydrogens is 262 g/mol. The van der Waals surface area contributed by atoms with Crippen LogP contribution in [0.4, 0.5) is 0 Å². The van der Waals surface area contributed by atoms with Crippen molar-refractivity contribution >= 4 is 5.91 Å². The summed E-state index contributed by atoms with van der Waals surface area (Å²) < 4.78 is 0. The van der Waals surface area contributed by atoms with E-state index in [2.05, 4.69) is 6.92 Å². The molecule has 1 saturated heterocycles. The van der Waals surface area contributed by atoms with Crippen LogP contribution < -0.4 is 0 Å². The Morgan fingerprint density at radius 2 is 2.05 bits per heavy atom. The van der Waals surface area contributed by atoms with Gasteiger partial charge in [-0.1, -0.05) is 43.7 Å². The molecule has 0 radical (unpaired) electrons. The number of carbonyl (C=O) groups excluding carboxylic acids is 1. The van der Waals surface area contributed by atoms with E-state index < -0.39 is 5.60 Å². The van der Waals surface area contributed by atoms with Crippen molar-refractivity contribution in [2.24, 2.45) is 11.8 Å². The molecule has 2 aliphatic rings. The predicted molar refractivity (Wildman–Crippen MR) is 82.8 cm³/mol. The predicted octanol–water partition coefficient (Wildman–Crippen LogP) is 2.63. The van der Waals surface area contributed by atoms with Crippen LogP contribution in [0.15, 0.2) is 30.3 Å². The highest BCUT2D eigenvalue weighted by molar-refractivity contribution is 5.78. The lowest BCUT2D eigenvalue weighted by Crippen LogP contribution is -2.57. The molecule has 3 rings (SSSR count). The molecule has 21 heavy (non-hydrogen) atoms. The fraction of sp³-hybridized carbons (Fsp3) is 0.611. The molecule has 0 aromatic heterocycles. The minimum absolute atomic E-state index is 0.177. The Hall–Kier alpha value is -1.35. The third-order valence-corrected chi connectivity index (χ3v) is 5.49. The van der Waals surface area contributed by atoms with E-state index >= 15 is 0 Å². The van der Waals surface area contributed by atoms with Crippen molar-refractivity contribution in [3.05, 3.63) is 35.9 Å². The Bertz CT molecular complexity index is 497. The summed E-state index contributed by atoms with van der Waals surface area (Å²) >= 11 is 0. The van der Waals surface area contributed by atoms with Crippen molar-refractivity contribution in [1.82, 2.24) is 4.90 Å². The number of nitrogens with zero attached hydrogens (tertiary/aromatic N) is 1. The van der Waals surface area contributed by atoms with Crippen molar-refractivity contribution in [3.63, 3.8) is 0 Å². The van der Waals surface area contributed by atoms with Gasteiger partial charge in [0.15, 0.2) is 0 Å². The molecule has 3 heteroatoms. The maximum atomic E-state index is 12.4. The van der Waals surface area contributed by atoms with Crippen LogP contribution in [0.3, 0.4) is 0 Å². The van der Waals surface area contributed by atoms with Crippen molar-refractivity contribution in [1.29, 1.82) is 0 Å². The first-order chi connectivity index (χ1) is 10.1. The van der Waals surface area contributed by atoms with Crippen LogP contribution in [0.25, 0.3) is 0 Å². The average Bonchev–Trinajstić information content (AvgIpc) is 2.41. The lowest BCUT2D eigenvalue weighted by molar-refractivity contribution is -0.150. The molecule has 1 saturated carbocycles. The summed E-state index contributed by atoms with van der Waals surface area (Å²) in [6.45, 7) is 3.49. The Kier molecular flexibility index (Phi) is 4.03. The highest BCUT2D eigenvalue weighted by Gasteiger charge is 2.47. The van der Waals surface area contributed by atoms with E-state index in [4.69, 9.17) is 0 Å². The number of aliphatic hydroxyl groups is 1. The number of piperidine rings is 1. The highest BCUT2D eigenvalue weighted by atomic mass is 16.3. The molecule has 1 aromatic carbocycles. The fourth-order valence-corrected chi connectivity index (χ4v) is 3.76. The summed E-state index contributed by atoms with van der Waals surface area (Å²) in [5.41, 5.74) is 0.525. The van der Waals surface area contributed by atoms with Gasteiger partial charge in [0.2, 0.25) is 5.91 Å². The molecule has 2 unspecified atom stereocenters. The van der Waals surface area contributed by atoms with Gasteiger partial charge in [-0.3, -0.25) is 4.79 Å². The SMILES string of the molecule is CC1CN(C(=O)Cc2ccccc2)CCC1(O)C1CCC1. The lowest BCUT2D eigenvalue weighted by Gasteiger charge is -2.50. The maximum Gasteiger partial charge on any atom is 0.227 e. The molecule has 0 spiro atoms. The Morgan fingerprint density at radius 3 is 2.62 bits per heavy atom. The number of benzene rings is 1. The molecule has 1 aromatic rings. The van der Waals surface area contributed by atoms with Crippen LogP contribution in [-0.2, 0) is 11.2 Å². The number of rotatable bonds is 3. The fourth-order valence-electron chi connectivity index (χ4n) is 3.76. The van der Waals surface area contributed by atoms with Crippen molar-refractivity contribution < 1.29 is 9.90 Å². The molecule has 1 amide bonds. The van der Waals surface area contributed by atoms with Crippen LogP contribution in [0.2, 0.25) is 0 Å². The van der Waals surface area contributed by atoms with Crippen LogP contribution in [0.1, 0.15) is 38.2 Å². The van der Waals surface area contributed by atoms with Gasteiger partial charge in [0, 0.05) is 19.0 Å². The largest absolute Gasteiger partial charge is 0.389 e. The molecule has 2 atom stereocenters. The smallest absolute Gasteiger partial charge is 0.227 e. The van der Waals surface area contributed by atoms with E-state index in [1.54, 1.807) is 0 Å². The first kappa shape index (κ1) is 14.6. The van der Waals surface area contributed by atoms with Crippen LogP contribution in [0.5, 0.6) is 0 Å². The lowest BCUT2D eigenvalue weighted by atomic mass is 9.65. The zero-order chi connectivity index (χ0) is 14.9. The van der Waals surface area contributed by atoms with E-state index in [9.17, 15) is 9.90 Å². The molecule has 114 valence electrons. The summed E-state index contributed by atoms with van der Waals surface area (Å²) in [5, 5.41) is 10.9. The molecule has 2 fully saturated rings. The zero-order valence-electron chi connectivity index (χ0n) is 12.8. The molecule has 1 heterocycles. The maximum absolute atomic E-state index is 12.4. The third kappa shape index (κ3) is 2.84. The van der Waals surface area contributed by atoms with Gasteiger partial charge in [0.25, 0.3) is 0 Å². The van der Waals surface area contributed by atoms with Gasteiger partial charge < -0.3 is 10.0 Å². The second kappa shape index (κ2) is 5.80. The number of amides is 1. The van der Waals surface area contributed by atoms with Gasteiger partial charge >= 0.3 is 0 Å². The number of carbonyl (C=O) groups is 1. The second-order valence-corrected chi connectivity index (χ2v) is 6.77. The molecular formula is C18H25NO2. The normalized spacial score (nSPS) is 30.0. The van der Waals surface area contributed by atoms with E-state index in [-0.39, 0.29) is 11.8 Å². The van der Waals surface area contributed by atoms with E-state index in [1.165, 1.54) is 6.42 Å². The Morgan fingerprint density at radius 1 is 1.33 bits per heavy atom. The van der Waals surface area contributed by atoms with Crippen LogP contribution in [0, 0.1) is 11.8 Å². The standard InChI is InChI=1S/C18H25NO2/c1-14-13-19(11-10-18(14,21)16-8-5-9-16)17(20)12-15-6-3-2-4-7-15/h2-4,6-7,14,16,21H,5,8-13H2,1H3. The van der Waals surface area contributed by atoms with E-state index in [1.807, 2.05) is 35.2 Å². The van der Waals surface area contributed by atoms with Crippen molar-refractivity contribution in [2.45, 2.75) is 44.6 Å². The summed E-state index contributed by atoms with van der Waals surface area (Å²) in [6, 6.07) is 9.90. The minimum Gasteiger partial charge on any atom is -0.389 e. The van der Waals surface area contributed by atoms with Gasteiger partial charge in [0.1, 0.15) is 0 Å². The number of hydrogen-bond acceptors (Lipinski definition) is 2. The van der Waals surface area contributed by atoms with E-state index in [0.717, 1.165) is 24.8 Å². The second-order valence-electron chi connectivity index (χ2n) is 6.77. The topological polar surface area (TPSA) is 40.5 Å². The van der Waals surface area contributed by atoms with Gasteiger partial charge in [-0.2, -0.15) is 0 Å². The number of likely N-dealkylation sites (tertiary alicyclic amines) is 1. The highest BCUT2D eigenvalue weighted by Crippen LogP contribution is 2.44. The van der Waals surface area contributed by atoms with Crippen molar-refractivity contribution in [2.75, 3.05) is 13.1 Å². The number of hydrogen-bond donors (Lipinski definition) is 1. The third-order valence-electron chi connectivity index (χ3n) is 5.49. The van der Waals surface area contributed by atoms with Gasteiger partial charge in [-0.15, -0.1) is 0 Å². The molecule has 1 aliphatic carbocycles. The summed E-state index contributed by atoms with van der Waals surface area (Å²) in [4.78, 5) is 14.4. The van der Waals surface area contributed by atoms with Gasteiger partial charge in [0.05, 0.1) is 12.0 Å². The van der Waals surface area contributed by atoms with E-state index in [0.29, 0.717) is 25.4 Å². The summed E-state index contributed by atoms with van der Waals surface area (Å²) in [7, 11) is 0. The summed E-state index contributed by atoms with van der Waals surface area (Å²) in [6.07, 6.45) is 4.75. The molecule has 1 aliphatic heterocycles. The first-order valence-corrected chi connectivity index (χ1v) is 8.13. The van der Waals surface area contributed by atoms with Crippen molar-refractivity contribution in [3.8, 4) is 0 Å². The summed E-state index contributed by atoms with van der Waals surface area (Å²) in [5.74, 6) is 0.818. The Balaban J connectivity index is 1.60. The Labute approximate surface area is 127 Å². The monoisotopic (exact) mass is 287 g/mol.